The highest BCUT2D eigenvalue weighted by atomic mass is 16.5. The number of rotatable bonds is 5. The summed E-state index contributed by atoms with van der Waals surface area (Å²) in [6, 6.07) is 17.8. The number of benzene rings is 2. The molecule has 0 amide bonds. The van der Waals surface area contributed by atoms with Crippen LogP contribution in [-0.4, -0.2) is 34.1 Å². The Hall–Kier alpha value is -2.86. The Bertz CT molecular complexity index is 813. The van der Waals surface area contributed by atoms with Crippen LogP contribution in [0, 0.1) is 0 Å². The molecule has 3 aromatic rings. The molecule has 0 bridgehead atoms. The van der Waals surface area contributed by atoms with Crippen molar-refractivity contribution in [1.82, 2.24) is 14.8 Å². The number of aromatic nitrogens is 3. The number of para-hydroxylation sites is 1. The first-order valence-corrected chi connectivity index (χ1v) is 8.45. The van der Waals surface area contributed by atoms with Crippen LogP contribution in [0.2, 0.25) is 0 Å². The number of nitrogens with one attached hydrogen (secondary N) is 1. The number of ether oxygens (including phenoxy) is 2. The van der Waals surface area contributed by atoms with Gasteiger partial charge in [0.2, 0.25) is 5.95 Å². The summed E-state index contributed by atoms with van der Waals surface area (Å²) in [4.78, 5) is 4.32. The summed E-state index contributed by atoms with van der Waals surface area (Å²) >= 11 is 0. The van der Waals surface area contributed by atoms with Gasteiger partial charge in [0.15, 0.2) is 0 Å². The molecule has 128 valence electrons. The molecule has 0 unspecified atom stereocenters. The molecule has 1 fully saturated rings. The monoisotopic (exact) mass is 336 g/mol. The van der Waals surface area contributed by atoms with Crippen LogP contribution in [0.1, 0.15) is 12.8 Å². The maximum atomic E-state index is 6.04. The molecule has 25 heavy (non-hydrogen) atoms. The molecule has 4 rings (SSSR count). The van der Waals surface area contributed by atoms with Gasteiger partial charge in [-0.2, -0.15) is 4.98 Å². The van der Waals surface area contributed by atoms with Gasteiger partial charge < -0.3 is 14.8 Å². The van der Waals surface area contributed by atoms with Gasteiger partial charge in [-0.15, -0.1) is 5.10 Å². The Morgan fingerprint density at radius 1 is 1.04 bits per heavy atom. The largest absolute Gasteiger partial charge is 0.490 e. The lowest BCUT2D eigenvalue weighted by Crippen LogP contribution is -2.25. The van der Waals surface area contributed by atoms with Gasteiger partial charge in [0.1, 0.15) is 18.2 Å². The Labute approximate surface area is 146 Å². The lowest BCUT2D eigenvalue weighted by Gasteiger charge is -2.23. The third-order valence-corrected chi connectivity index (χ3v) is 4.07. The van der Waals surface area contributed by atoms with Crippen LogP contribution in [0.25, 0.3) is 5.69 Å². The Kier molecular flexibility index (Phi) is 4.61. The van der Waals surface area contributed by atoms with E-state index in [0.717, 1.165) is 43.2 Å². The predicted octanol–water partition coefficient (Wildman–Crippen LogP) is 3.57. The van der Waals surface area contributed by atoms with Gasteiger partial charge in [-0.3, -0.25) is 0 Å². The van der Waals surface area contributed by atoms with Crippen molar-refractivity contribution in [2.45, 2.75) is 18.9 Å². The summed E-state index contributed by atoms with van der Waals surface area (Å²) in [5.41, 5.74) is 1.87. The van der Waals surface area contributed by atoms with Crippen molar-refractivity contribution in [1.29, 1.82) is 0 Å². The van der Waals surface area contributed by atoms with Gasteiger partial charge in [0.05, 0.1) is 18.9 Å². The van der Waals surface area contributed by atoms with E-state index in [1.165, 1.54) is 0 Å². The van der Waals surface area contributed by atoms with Crippen LogP contribution in [0.4, 0.5) is 11.6 Å². The number of anilines is 2. The molecule has 1 aliphatic rings. The molecule has 0 saturated carbocycles. The van der Waals surface area contributed by atoms with Crippen molar-refractivity contribution in [3.8, 4) is 11.4 Å². The molecule has 1 N–H and O–H groups in total. The first-order chi connectivity index (χ1) is 12.4. The molecular formula is C19H20N4O2. The number of hydrogen-bond acceptors (Lipinski definition) is 5. The second-order valence-corrected chi connectivity index (χ2v) is 5.93. The van der Waals surface area contributed by atoms with Crippen molar-refractivity contribution >= 4 is 11.6 Å². The molecule has 6 heteroatoms. The summed E-state index contributed by atoms with van der Waals surface area (Å²) in [6.07, 6.45) is 3.78. The van der Waals surface area contributed by atoms with E-state index in [9.17, 15) is 0 Å². The standard InChI is InChI=1S/C19H20N4O2/c1-2-6-16(7-3-1)23-14-20-19(22-23)21-15-5-4-8-18(13-15)25-17-9-11-24-12-10-17/h1-8,13-14,17H,9-12H2,(H,21,22). The van der Waals surface area contributed by atoms with Crippen molar-refractivity contribution in [2.75, 3.05) is 18.5 Å². The Balaban J connectivity index is 1.44. The van der Waals surface area contributed by atoms with E-state index >= 15 is 0 Å². The zero-order chi connectivity index (χ0) is 16.9. The molecular weight excluding hydrogens is 316 g/mol. The molecule has 0 aliphatic carbocycles. The van der Waals surface area contributed by atoms with E-state index in [1.54, 1.807) is 11.0 Å². The van der Waals surface area contributed by atoms with Crippen LogP contribution < -0.4 is 10.1 Å². The number of hydrogen-bond donors (Lipinski definition) is 1. The summed E-state index contributed by atoms with van der Waals surface area (Å²) < 4.78 is 13.2. The fourth-order valence-electron chi connectivity index (χ4n) is 2.79. The summed E-state index contributed by atoms with van der Waals surface area (Å²) in [6.45, 7) is 1.53. The van der Waals surface area contributed by atoms with Gasteiger partial charge in [-0.25, -0.2) is 4.68 Å². The van der Waals surface area contributed by atoms with Gasteiger partial charge >= 0.3 is 0 Å². The molecule has 1 aromatic heterocycles. The maximum Gasteiger partial charge on any atom is 0.246 e. The van der Waals surface area contributed by atoms with E-state index in [2.05, 4.69) is 15.4 Å². The highest BCUT2D eigenvalue weighted by molar-refractivity contribution is 5.55. The molecule has 1 aliphatic heterocycles. The predicted molar refractivity (Wildman–Crippen MR) is 95.6 cm³/mol. The Morgan fingerprint density at radius 2 is 1.88 bits per heavy atom. The van der Waals surface area contributed by atoms with E-state index in [0.29, 0.717) is 5.95 Å². The molecule has 2 aromatic carbocycles. The minimum Gasteiger partial charge on any atom is -0.490 e. The second kappa shape index (κ2) is 7.36. The van der Waals surface area contributed by atoms with E-state index < -0.39 is 0 Å². The second-order valence-electron chi connectivity index (χ2n) is 5.93. The first-order valence-electron chi connectivity index (χ1n) is 8.45. The SMILES string of the molecule is c1ccc(-n2cnc(Nc3cccc(OC4CCOCC4)c3)n2)cc1. The molecule has 0 radical (unpaired) electrons. The van der Waals surface area contributed by atoms with Crippen LogP contribution in [0.3, 0.4) is 0 Å². The lowest BCUT2D eigenvalue weighted by molar-refractivity contribution is 0.0256. The van der Waals surface area contributed by atoms with Gasteiger partial charge in [-0.05, 0) is 24.3 Å². The average Bonchev–Trinajstić information content (AvgIpc) is 3.12. The zero-order valence-corrected chi connectivity index (χ0v) is 13.8. The minimum atomic E-state index is 0.222. The Morgan fingerprint density at radius 3 is 2.72 bits per heavy atom. The highest BCUT2D eigenvalue weighted by Gasteiger charge is 2.15. The van der Waals surface area contributed by atoms with Crippen LogP contribution in [-0.2, 0) is 4.74 Å². The third-order valence-electron chi connectivity index (χ3n) is 4.07. The van der Waals surface area contributed by atoms with Gasteiger partial charge in [0.25, 0.3) is 0 Å². The fraction of sp³-hybridized carbons (Fsp3) is 0.263. The average molecular weight is 336 g/mol. The van der Waals surface area contributed by atoms with E-state index in [-0.39, 0.29) is 6.10 Å². The third kappa shape index (κ3) is 3.97. The molecule has 6 nitrogen and oxygen atoms in total. The summed E-state index contributed by atoms with van der Waals surface area (Å²) in [7, 11) is 0. The van der Waals surface area contributed by atoms with Crippen LogP contribution in [0.5, 0.6) is 5.75 Å². The number of nitrogens with zero attached hydrogens (tertiary/aromatic N) is 3. The fourth-order valence-corrected chi connectivity index (χ4v) is 2.79. The van der Waals surface area contributed by atoms with Crippen LogP contribution >= 0.6 is 0 Å². The minimum absolute atomic E-state index is 0.222. The molecule has 0 atom stereocenters. The quantitative estimate of drug-likeness (QED) is 0.772. The zero-order valence-electron chi connectivity index (χ0n) is 13.8. The van der Waals surface area contributed by atoms with E-state index in [4.69, 9.17) is 9.47 Å². The normalized spacial score (nSPS) is 15.0. The van der Waals surface area contributed by atoms with Crippen molar-refractivity contribution < 1.29 is 9.47 Å². The molecule has 1 saturated heterocycles. The summed E-state index contributed by atoms with van der Waals surface area (Å²) in [5, 5.41) is 7.68. The smallest absolute Gasteiger partial charge is 0.246 e. The van der Waals surface area contributed by atoms with Crippen molar-refractivity contribution in [3.63, 3.8) is 0 Å². The molecule has 2 heterocycles. The van der Waals surface area contributed by atoms with Crippen LogP contribution in [0.15, 0.2) is 60.9 Å². The van der Waals surface area contributed by atoms with Crippen molar-refractivity contribution in [2.24, 2.45) is 0 Å². The molecule has 0 spiro atoms. The maximum absolute atomic E-state index is 6.04. The van der Waals surface area contributed by atoms with Gasteiger partial charge in [-0.1, -0.05) is 24.3 Å². The highest BCUT2D eigenvalue weighted by Crippen LogP contribution is 2.23. The van der Waals surface area contributed by atoms with Crippen molar-refractivity contribution in [3.05, 3.63) is 60.9 Å². The van der Waals surface area contributed by atoms with Gasteiger partial charge in [0, 0.05) is 24.6 Å². The van der Waals surface area contributed by atoms with E-state index in [1.807, 2.05) is 54.6 Å². The first kappa shape index (κ1) is 15.7. The summed E-state index contributed by atoms with van der Waals surface area (Å²) in [5.74, 6) is 1.39. The topological polar surface area (TPSA) is 61.2 Å². The lowest BCUT2D eigenvalue weighted by atomic mass is 10.1.